The van der Waals surface area contributed by atoms with E-state index in [0.29, 0.717) is 47.4 Å². The largest absolute Gasteiger partial charge is 0.370 e. The van der Waals surface area contributed by atoms with Crippen molar-refractivity contribution in [3.05, 3.63) is 28.6 Å². The summed E-state index contributed by atoms with van der Waals surface area (Å²) >= 11 is 3.75. The number of nitrogens with one attached hydrogen (secondary N) is 2. The van der Waals surface area contributed by atoms with Crippen LogP contribution in [0.1, 0.15) is 61.3 Å². The first-order chi connectivity index (χ1) is 18.5. The van der Waals surface area contributed by atoms with E-state index >= 15 is 0 Å². The van der Waals surface area contributed by atoms with Crippen LogP contribution >= 0.6 is 23.5 Å². The zero-order valence-corrected chi connectivity index (χ0v) is 23.6. The fourth-order valence-corrected chi connectivity index (χ4v) is 10.4. The van der Waals surface area contributed by atoms with Crippen LogP contribution in [-0.4, -0.2) is 64.0 Å². The van der Waals surface area contributed by atoms with E-state index < -0.39 is 0 Å². The molecule has 0 radical (unpaired) electrons. The van der Waals surface area contributed by atoms with Gasteiger partial charge in [-0.1, -0.05) is 18.0 Å². The third-order valence-electron chi connectivity index (χ3n) is 9.26. The number of carbonyl (C=O) groups is 2. The van der Waals surface area contributed by atoms with Crippen LogP contribution in [0.4, 0.5) is 0 Å². The van der Waals surface area contributed by atoms with Crippen molar-refractivity contribution in [1.29, 1.82) is 0 Å². The third kappa shape index (κ3) is 5.47. The van der Waals surface area contributed by atoms with Gasteiger partial charge in [-0.2, -0.15) is 4.37 Å². The Hall–Kier alpha value is -1.72. The Kier molecular flexibility index (Phi) is 7.96. The zero-order chi connectivity index (χ0) is 26.2. The molecule has 3 saturated heterocycles. The van der Waals surface area contributed by atoms with Crippen molar-refractivity contribution in [3.8, 4) is 0 Å². The molecule has 206 valence electrons. The van der Waals surface area contributed by atoms with Gasteiger partial charge in [0.15, 0.2) is 0 Å². The van der Waals surface area contributed by atoms with Crippen molar-refractivity contribution < 1.29 is 9.59 Å². The number of benzene rings is 1. The minimum atomic E-state index is -0.303. The molecular formula is C28H40N6O2S2. The quantitative estimate of drug-likeness (QED) is 0.386. The zero-order valence-electron chi connectivity index (χ0n) is 21.9. The smallest absolute Gasteiger partial charge is 0.221 e. The molecule has 38 heavy (non-hydrogen) atoms. The standard InChI is InChI=1S/C28H40N6O2S2/c29-25(35)10-16-3-5-23-21(8-16)27(37-33-23)19-12-20(15-32-14-19)34-24-6-4-17(11-26(30)36)9-22(24)28(38-34)18-2-1-7-31-13-18/h3,5,8,17-20,22,24,28,31-32H,1-2,4,6-7,9-15H2,(H2,29,35)(H2,30,36)/t17?,18-,19+,20?,22?,24?,28?/m0/s1. The molecule has 4 heterocycles. The number of rotatable bonds is 7. The normalized spacial score (nSPS) is 34.3. The Morgan fingerprint density at radius 1 is 1.05 bits per heavy atom. The van der Waals surface area contributed by atoms with Crippen LogP contribution in [-0.2, 0) is 16.0 Å². The highest BCUT2D eigenvalue weighted by Crippen LogP contribution is 2.53. The van der Waals surface area contributed by atoms with Crippen LogP contribution in [0.5, 0.6) is 0 Å². The monoisotopic (exact) mass is 556 g/mol. The van der Waals surface area contributed by atoms with Crippen LogP contribution in [0.2, 0.25) is 0 Å². The van der Waals surface area contributed by atoms with Crippen molar-refractivity contribution in [2.75, 3.05) is 26.2 Å². The number of nitrogens with zero attached hydrogens (tertiary/aromatic N) is 2. The molecule has 0 bridgehead atoms. The summed E-state index contributed by atoms with van der Waals surface area (Å²) < 4.78 is 7.52. The van der Waals surface area contributed by atoms with Gasteiger partial charge in [0.25, 0.3) is 0 Å². The van der Waals surface area contributed by atoms with Gasteiger partial charge in [0.2, 0.25) is 11.8 Å². The van der Waals surface area contributed by atoms with Gasteiger partial charge in [-0.3, -0.25) is 9.59 Å². The molecule has 3 aliphatic heterocycles. The molecule has 7 atom stereocenters. The fourth-order valence-electron chi connectivity index (χ4n) is 7.59. The van der Waals surface area contributed by atoms with E-state index in [9.17, 15) is 9.59 Å². The molecule has 0 spiro atoms. The van der Waals surface area contributed by atoms with E-state index in [0.717, 1.165) is 62.9 Å². The van der Waals surface area contributed by atoms with Gasteiger partial charge >= 0.3 is 0 Å². The van der Waals surface area contributed by atoms with E-state index in [1.165, 1.54) is 23.1 Å². The lowest BCUT2D eigenvalue weighted by molar-refractivity contribution is -0.119. The lowest BCUT2D eigenvalue weighted by atomic mass is 9.72. The Labute approximate surface area is 233 Å². The van der Waals surface area contributed by atoms with Gasteiger partial charge in [0, 0.05) is 53.0 Å². The molecule has 1 aromatic carbocycles. The van der Waals surface area contributed by atoms with Gasteiger partial charge in [-0.15, -0.1) is 0 Å². The van der Waals surface area contributed by atoms with Crippen LogP contribution < -0.4 is 22.1 Å². The molecule has 8 nitrogen and oxygen atoms in total. The molecule has 1 saturated carbocycles. The predicted octanol–water partition coefficient (Wildman–Crippen LogP) is 2.76. The number of nitrogens with two attached hydrogens (primary N) is 2. The first kappa shape index (κ1) is 26.5. The van der Waals surface area contributed by atoms with E-state index in [4.69, 9.17) is 15.8 Å². The lowest BCUT2D eigenvalue weighted by Gasteiger charge is -2.41. The van der Waals surface area contributed by atoms with Gasteiger partial charge in [-0.25, -0.2) is 4.31 Å². The molecule has 2 aromatic rings. The number of piperidine rings is 2. The van der Waals surface area contributed by atoms with E-state index in [2.05, 4.69) is 33.0 Å². The second-order valence-corrected chi connectivity index (χ2v) is 13.9. The number of hydrogen-bond donors (Lipinski definition) is 4. The topological polar surface area (TPSA) is 126 Å². The maximum absolute atomic E-state index is 11.7. The highest BCUT2D eigenvalue weighted by molar-refractivity contribution is 7.98. The van der Waals surface area contributed by atoms with Gasteiger partial charge in [-0.05, 0) is 98.6 Å². The maximum Gasteiger partial charge on any atom is 0.221 e. The second kappa shape index (κ2) is 11.4. The summed E-state index contributed by atoms with van der Waals surface area (Å²) in [7, 11) is 0. The minimum absolute atomic E-state index is 0.151. The first-order valence-electron chi connectivity index (χ1n) is 14.3. The van der Waals surface area contributed by atoms with Crippen molar-refractivity contribution in [1.82, 2.24) is 19.3 Å². The van der Waals surface area contributed by atoms with Crippen molar-refractivity contribution >= 4 is 46.2 Å². The van der Waals surface area contributed by atoms with Gasteiger partial charge in [0.05, 0.1) is 11.9 Å². The Morgan fingerprint density at radius 3 is 2.74 bits per heavy atom. The van der Waals surface area contributed by atoms with E-state index in [-0.39, 0.29) is 18.2 Å². The third-order valence-corrected chi connectivity index (χ3v) is 12.1. The first-order valence-corrected chi connectivity index (χ1v) is 15.9. The number of fused-ring (bicyclic) bond motifs is 2. The highest BCUT2D eigenvalue weighted by Gasteiger charge is 2.51. The summed E-state index contributed by atoms with van der Waals surface area (Å²) in [6.45, 7) is 4.21. The summed E-state index contributed by atoms with van der Waals surface area (Å²) in [4.78, 5) is 24.6. The van der Waals surface area contributed by atoms with E-state index in [1.807, 2.05) is 12.1 Å². The van der Waals surface area contributed by atoms with Gasteiger partial charge < -0.3 is 22.1 Å². The molecule has 4 fully saturated rings. The number of primary amides is 2. The molecule has 1 aromatic heterocycles. The van der Waals surface area contributed by atoms with Crippen molar-refractivity contribution in [2.24, 2.45) is 29.2 Å². The predicted molar refractivity (Wildman–Crippen MR) is 154 cm³/mol. The number of hydrogen-bond acceptors (Lipinski definition) is 8. The Morgan fingerprint density at radius 2 is 1.95 bits per heavy atom. The average molecular weight is 557 g/mol. The van der Waals surface area contributed by atoms with Crippen LogP contribution in [0.3, 0.4) is 0 Å². The average Bonchev–Trinajstić information content (AvgIpc) is 3.50. The minimum Gasteiger partial charge on any atom is -0.370 e. The van der Waals surface area contributed by atoms with Crippen molar-refractivity contribution in [3.63, 3.8) is 0 Å². The van der Waals surface area contributed by atoms with E-state index in [1.54, 1.807) is 11.5 Å². The summed E-state index contributed by atoms with van der Waals surface area (Å²) in [5, 5.41) is 9.20. The molecule has 6 N–H and O–H groups in total. The molecule has 2 amide bonds. The maximum atomic E-state index is 11.7. The summed E-state index contributed by atoms with van der Waals surface area (Å²) in [5.74, 6) is 1.70. The summed E-state index contributed by atoms with van der Waals surface area (Å²) in [6, 6.07) is 7.15. The Balaban J connectivity index is 1.22. The molecule has 4 aliphatic rings. The van der Waals surface area contributed by atoms with Crippen LogP contribution in [0.15, 0.2) is 18.2 Å². The van der Waals surface area contributed by atoms with Gasteiger partial charge in [0.1, 0.15) is 0 Å². The molecule has 6 rings (SSSR count). The Bertz CT molecular complexity index is 1170. The lowest BCUT2D eigenvalue weighted by Crippen LogP contribution is -2.49. The van der Waals surface area contributed by atoms with Crippen molar-refractivity contribution in [2.45, 2.75) is 74.6 Å². The van der Waals surface area contributed by atoms with Crippen LogP contribution in [0.25, 0.3) is 10.9 Å². The number of amides is 2. The SMILES string of the molecule is NC(=O)Cc1ccc2nsc([C@H]3CNCC(N4SC([C@H]5CCCNC5)C5CC(CC(N)=O)CCC54)C3)c2c1. The molecule has 10 heteroatoms. The molecular weight excluding hydrogens is 516 g/mol. The second-order valence-electron chi connectivity index (χ2n) is 11.9. The number of aromatic nitrogens is 1. The number of carbonyl (C=O) groups excluding carboxylic acids is 2. The molecule has 1 aliphatic carbocycles. The van der Waals surface area contributed by atoms with Crippen LogP contribution in [0, 0.1) is 17.8 Å². The summed E-state index contributed by atoms with van der Waals surface area (Å²) in [6.07, 6.45) is 7.85. The highest BCUT2D eigenvalue weighted by atomic mass is 32.2. The fraction of sp³-hybridized carbons (Fsp3) is 0.679. The summed E-state index contributed by atoms with van der Waals surface area (Å²) in [5.41, 5.74) is 13.1. The molecule has 5 unspecified atom stereocenters.